The minimum atomic E-state index is -1.84. The van der Waals surface area contributed by atoms with Gasteiger partial charge in [-0.15, -0.1) is 0 Å². The summed E-state index contributed by atoms with van der Waals surface area (Å²) in [5, 5.41) is 9.39. The number of halogens is 1. The van der Waals surface area contributed by atoms with E-state index in [9.17, 15) is 9.65 Å². The van der Waals surface area contributed by atoms with E-state index in [0.29, 0.717) is 11.3 Å². The third-order valence-corrected chi connectivity index (χ3v) is 5.09. The van der Waals surface area contributed by atoms with Crippen molar-refractivity contribution in [3.8, 4) is 17.6 Å². The molecule has 118 valence electrons. The molecule has 1 fully saturated rings. The number of ether oxygens (including phenoxy) is 2. The summed E-state index contributed by atoms with van der Waals surface area (Å²) < 4.78 is 23.4. The number of nitriles is 1. The molecule has 4 rings (SSSR count). The predicted molar refractivity (Wildman–Crippen MR) is 82.9 cm³/mol. The fourth-order valence-electron chi connectivity index (χ4n) is 3.88. The van der Waals surface area contributed by atoms with Crippen molar-refractivity contribution in [3.05, 3.63) is 47.1 Å². The molecule has 0 saturated carbocycles. The molecule has 5 heteroatoms. The molecule has 1 aromatic rings. The van der Waals surface area contributed by atoms with Gasteiger partial charge in [0.25, 0.3) is 0 Å². The second kappa shape index (κ2) is 4.84. The fraction of sp³-hybridized carbons (Fsp3) is 0.389. The zero-order valence-corrected chi connectivity index (χ0v) is 13.0. The van der Waals surface area contributed by atoms with Crippen LogP contribution >= 0.6 is 0 Å². The lowest BCUT2D eigenvalue weighted by Gasteiger charge is -2.36. The molecule has 2 heterocycles. The molecule has 1 unspecified atom stereocenters. The standard InChI is InChI=1S/C18H17FN2O2/c1-11-3-4-18(5-6-21(2)15(18)7-11)13-8-12(10-20)16-14(9-13)22-17(19)23-16/h3-4,7-9,15,17H,5-6H2,1-2H3/t15-,17?,18-/m0/s1. The predicted octanol–water partition coefficient (Wildman–Crippen LogP) is 3.04. The van der Waals surface area contributed by atoms with E-state index in [1.54, 1.807) is 0 Å². The molecule has 1 aromatic carbocycles. The van der Waals surface area contributed by atoms with Crippen LogP contribution in [0.1, 0.15) is 24.5 Å². The summed E-state index contributed by atoms with van der Waals surface area (Å²) in [6.07, 6.45) is 7.52. The highest BCUT2D eigenvalue weighted by Crippen LogP contribution is 2.48. The van der Waals surface area contributed by atoms with Gasteiger partial charge >= 0.3 is 6.54 Å². The van der Waals surface area contributed by atoms with Crippen molar-refractivity contribution >= 4 is 0 Å². The summed E-state index contributed by atoms with van der Waals surface area (Å²) in [6.45, 7) is 1.21. The maximum absolute atomic E-state index is 13.4. The quantitative estimate of drug-likeness (QED) is 0.799. The van der Waals surface area contributed by atoms with E-state index in [1.165, 1.54) is 5.57 Å². The van der Waals surface area contributed by atoms with E-state index in [1.807, 2.05) is 12.1 Å². The van der Waals surface area contributed by atoms with Gasteiger partial charge in [-0.3, -0.25) is 4.90 Å². The van der Waals surface area contributed by atoms with Crippen molar-refractivity contribution in [2.75, 3.05) is 13.6 Å². The van der Waals surface area contributed by atoms with Crippen LogP contribution in [0, 0.1) is 11.3 Å². The third kappa shape index (κ3) is 1.98. The molecule has 3 aliphatic rings. The number of hydrogen-bond acceptors (Lipinski definition) is 4. The van der Waals surface area contributed by atoms with Gasteiger partial charge in [-0.1, -0.05) is 23.8 Å². The highest BCUT2D eigenvalue weighted by molar-refractivity contribution is 5.59. The highest BCUT2D eigenvalue weighted by Gasteiger charge is 2.46. The van der Waals surface area contributed by atoms with Gasteiger partial charge in [0.15, 0.2) is 11.5 Å². The average molecular weight is 312 g/mol. The van der Waals surface area contributed by atoms with Gasteiger partial charge in [0, 0.05) is 11.5 Å². The number of rotatable bonds is 1. The molecule has 23 heavy (non-hydrogen) atoms. The number of likely N-dealkylation sites (tertiary alicyclic amines) is 1. The first-order valence-corrected chi connectivity index (χ1v) is 7.67. The van der Waals surface area contributed by atoms with Gasteiger partial charge in [-0.25, -0.2) is 0 Å². The smallest absolute Gasteiger partial charge is 0.397 e. The minimum absolute atomic E-state index is 0.203. The summed E-state index contributed by atoms with van der Waals surface area (Å²) in [4.78, 5) is 2.31. The van der Waals surface area contributed by atoms with Crippen molar-refractivity contribution < 1.29 is 13.9 Å². The summed E-state index contributed by atoms with van der Waals surface area (Å²) in [5.74, 6) is 0.517. The Bertz CT molecular complexity index is 780. The maximum atomic E-state index is 13.4. The largest absolute Gasteiger partial charge is 0.425 e. The van der Waals surface area contributed by atoms with Gasteiger partial charge in [0.05, 0.1) is 5.56 Å². The molecular formula is C18H17FN2O2. The Kier molecular flexibility index (Phi) is 3.00. The summed E-state index contributed by atoms with van der Waals surface area (Å²) in [5.41, 5.74) is 2.30. The highest BCUT2D eigenvalue weighted by atomic mass is 19.2. The first-order valence-electron chi connectivity index (χ1n) is 7.67. The van der Waals surface area contributed by atoms with Crippen LogP contribution in [-0.2, 0) is 5.41 Å². The van der Waals surface area contributed by atoms with Crippen LogP contribution in [0.5, 0.6) is 11.5 Å². The fourth-order valence-corrected chi connectivity index (χ4v) is 3.88. The van der Waals surface area contributed by atoms with Crippen LogP contribution in [-0.4, -0.2) is 31.1 Å². The Morgan fingerprint density at radius 2 is 2.22 bits per heavy atom. The number of alkyl halides is 1. The van der Waals surface area contributed by atoms with Crippen LogP contribution < -0.4 is 9.47 Å². The Labute approximate surface area is 134 Å². The van der Waals surface area contributed by atoms with Crippen molar-refractivity contribution in [1.29, 1.82) is 5.26 Å². The number of nitrogens with zero attached hydrogens (tertiary/aromatic N) is 2. The second-order valence-corrected chi connectivity index (χ2v) is 6.43. The zero-order chi connectivity index (χ0) is 16.2. The lowest BCUT2D eigenvalue weighted by atomic mass is 9.70. The first kappa shape index (κ1) is 14.3. The lowest BCUT2D eigenvalue weighted by Crippen LogP contribution is -2.40. The van der Waals surface area contributed by atoms with Crippen molar-refractivity contribution in [1.82, 2.24) is 4.90 Å². The van der Waals surface area contributed by atoms with Crippen LogP contribution in [0.15, 0.2) is 35.9 Å². The molecule has 0 spiro atoms. The molecule has 0 aromatic heterocycles. The van der Waals surface area contributed by atoms with Crippen LogP contribution in [0.2, 0.25) is 0 Å². The molecule has 0 amide bonds. The molecule has 1 saturated heterocycles. The minimum Gasteiger partial charge on any atom is -0.425 e. The van der Waals surface area contributed by atoms with Crippen LogP contribution in [0.25, 0.3) is 0 Å². The first-order chi connectivity index (χ1) is 11.0. The zero-order valence-electron chi connectivity index (χ0n) is 13.0. The van der Waals surface area contributed by atoms with Gasteiger partial charge in [-0.2, -0.15) is 9.65 Å². The van der Waals surface area contributed by atoms with E-state index >= 15 is 0 Å². The molecular weight excluding hydrogens is 295 g/mol. The Hall–Kier alpha value is -2.32. The lowest BCUT2D eigenvalue weighted by molar-refractivity contribution is -0.0653. The van der Waals surface area contributed by atoms with Gasteiger partial charge in [-0.05, 0) is 44.6 Å². The topological polar surface area (TPSA) is 45.5 Å². The normalized spacial score (nSPS) is 31.7. The van der Waals surface area contributed by atoms with E-state index in [2.05, 4.69) is 43.2 Å². The molecule has 3 atom stereocenters. The van der Waals surface area contributed by atoms with E-state index in [-0.39, 0.29) is 17.2 Å². The molecule has 0 N–H and O–H groups in total. The molecule has 1 aliphatic carbocycles. The third-order valence-electron chi connectivity index (χ3n) is 5.09. The molecule has 4 nitrogen and oxygen atoms in total. The number of fused-ring (bicyclic) bond motifs is 2. The summed E-state index contributed by atoms with van der Waals surface area (Å²) >= 11 is 0. The van der Waals surface area contributed by atoms with E-state index in [0.717, 1.165) is 18.5 Å². The monoisotopic (exact) mass is 312 g/mol. The Morgan fingerprint density at radius 1 is 1.39 bits per heavy atom. The van der Waals surface area contributed by atoms with Gasteiger partial charge in [0.2, 0.25) is 0 Å². The van der Waals surface area contributed by atoms with Crippen molar-refractivity contribution in [2.45, 2.75) is 31.3 Å². The second-order valence-electron chi connectivity index (χ2n) is 6.43. The summed E-state index contributed by atoms with van der Waals surface area (Å²) in [6, 6.07) is 5.95. The molecule has 2 aliphatic heterocycles. The van der Waals surface area contributed by atoms with E-state index in [4.69, 9.17) is 9.47 Å². The Morgan fingerprint density at radius 3 is 3.00 bits per heavy atom. The van der Waals surface area contributed by atoms with Crippen molar-refractivity contribution in [3.63, 3.8) is 0 Å². The maximum Gasteiger partial charge on any atom is 0.397 e. The van der Waals surface area contributed by atoms with Gasteiger partial charge in [0.1, 0.15) is 6.07 Å². The number of likely N-dealkylation sites (N-methyl/N-ethyl adjacent to an activating group) is 1. The van der Waals surface area contributed by atoms with Crippen LogP contribution in [0.3, 0.4) is 0 Å². The van der Waals surface area contributed by atoms with Crippen LogP contribution in [0.4, 0.5) is 4.39 Å². The summed E-state index contributed by atoms with van der Waals surface area (Å²) in [7, 11) is 2.10. The van der Waals surface area contributed by atoms with Crippen molar-refractivity contribution in [2.24, 2.45) is 0 Å². The molecule has 0 bridgehead atoms. The number of hydrogen-bond donors (Lipinski definition) is 0. The SMILES string of the molecule is CC1=C[C@@H]2N(C)CC[C@]2(c2cc(C#N)c3c(c2)OC(F)O3)C=C1. The van der Waals surface area contributed by atoms with E-state index < -0.39 is 6.54 Å². The average Bonchev–Trinajstić information content (AvgIpc) is 3.07. The Balaban J connectivity index is 1.87. The molecule has 0 radical (unpaired) electrons. The number of allylic oxidation sites excluding steroid dienone is 2. The van der Waals surface area contributed by atoms with Gasteiger partial charge < -0.3 is 9.47 Å². The number of benzene rings is 1.